The van der Waals surface area contributed by atoms with E-state index in [1.54, 1.807) is 6.20 Å². The molecule has 1 aromatic heterocycles. The number of nitrogens with zero attached hydrogens (tertiary/aromatic N) is 2. The molecule has 6 nitrogen and oxygen atoms in total. The number of likely N-dealkylation sites (N-methyl/N-ethyl adjacent to an activating group) is 2. The molecule has 0 radical (unpaired) electrons. The molecule has 6 heteroatoms. The van der Waals surface area contributed by atoms with Crippen LogP contribution in [0.25, 0.3) is 0 Å². The van der Waals surface area contributed by atoms with Crippen LogP contribution in [0.2, 0.25) is 0 Å². The Hall–Kier alpha value is -1.72. The molecule has 0 aliphatic rings. The van der Waals surface area contributed by atoms with E-state index in [1.165, 1.54) is 0 Å². The number of rotatable bonds is 5. The molecule has 0 aliphatic carbocycles. The lowest BCUT2D eigenvalue weighted by Gasteiger charge is -2.20. The van der Waals surface area contributed by atoms with E-state index in [-0.39, 0.29) is 5.91 Å². The highest BCUT2D eigenvalue weighted by Crippen LogP contribution is 2.18. The molecule has 4 N–H and O–H groups in total. The number of anilines is 2. The number of nitrogens with two attached hydrogens (primary N) is 1. The number of aromatic amines is 1. The largest absolute Gasteiger partial charge is 0.382 e. The minimum atomic E-state index is -0.0139. The Morgan fingerprint density at radius 1 is 1.67 bits per heavy atom. The first-order valence-electron chi connectivity index (χ1n) is 4.99. The van der Waals surface area contributed by atoms with Gasteiger partial charge in [-0.3, -0.25) is 9.89 Å². The van der Waals surface area contributed by atoms with Crippen molar-refractivity contribution in [1.82, 2.24) is 15.5 Å². The second-order valence-corrected chi connectivity index (χ2v) is 3.14. The van der Waals surface area contributed by atoms with Crippen molar-refractivity contribution in [3.8, 4) is 0 Å². The van der Waals surface area contributed by atoms with Gasteiger partial charge in [0.2, 0.25) is 5.91 Å². The summed E-state index contributed by atoms with van der Waals surface area (Å²) in [4.78, 5) is 13.3. The van der Waals surface area contributed by atoms with Crippen LogP contribution in [0.1, 0.15) is 13.8 Å². The Kier molecular flexibility index (Phi) is 3.96. The third-order valence-corrected chi connectivity index (χ3v) is 2.08. The van der Waals surface area contributed by atoms with Gasteiger partial charge in [0.1, 0.15) is 5.82 Å². The van der Waals surface area contributed by atoms with Crippen molar-refractivity contribution in [3.05, 3.63) is 6.20 Å². The van der Waals surface area contributed by atoms with E-state index < -0.39 is 0 Å². The first-order valence-corrected chi connectivity index (χ1v) is 4.99. The average Bonchev–Trinajstić information content (AvgIpc) is 2.61. The Balaban J connectivity index is 2.64. The van der Waals surface area contributed by atoms with Crippen LogP contribution in [0.4, 0.5) is 11.5 Å². The third kappa shape index (κ3) is 2.87. The molecule has 1 amide bonds. The zero-order valence-corrected chi connectivity index (χ0v) is 9.08. The van der Waals surface area contributed by atoms with Crippen LogP contribution in [0.15, 0.2) is 6.20 Å². The summed E-state index contributed by atoms with van der Waals surface area (Å²) in [6.07, 6.45) is 1.62. The molecule has 1 heterocycles. The van der Waals surface area contributed by atoms with Gasteiger partial charge in [-0.2, -0.15) is 5.10 Å². The van der Waals surface area contributed by atoms with Crippen LogP contribution in [0.3, 0.4) is 0 Å². The summed E-state index contributed by atoms with van der Waals surface area (Å²) in [6.45, 7) is 5.50. The molecule has 1 rings (SSSR count). The molecule has 0 aliphatic heterocycles. The Labute approximate surface area is 88.8 Å². The van der Waals surface area contributed by atoms with Crippen LogP contribution in [-0.2, 0) is 4.79 Å². The van der Waals surface area contributed by atoms with Gasteiger partial charge in [-0.15, -0.1) is 0 Å². The molecule has 0 saturated heterocycles. The maximum absolute atomic E-state index is 11.4. The number of amides is 1. The summed E-state index contributed by atoms with van der Waals surface area (Å²) >= 11 is 0. The monoisotopic (exact) mass is 211 g/mol. The fraction of sp³-hybridized carbons (Fsp3) is 0.556. The van der Waals surface area contributed by atoms with Gasteiger partial charge in [-0.05, 0) is 13.8 Å². The van der Waals surface area contributed by atoms with Crippen molar-refractivity contribution in [2.75, 3.05) is 30.3 Å². The molecule has 0 atom stereocenters. The lowest BCUT2D eigenvalue weighted by molar-refractivity contribution is -0.119. The zero-order valence-electron chi connectivity index (χ0n) is 9.08. The molecular formula is C9H17N5O. The molecule has 1 aromatic rings. The van der Waals surface area contributed by atoms with Crippen molar-refractivity contribution in [2.45, 2.75) is 13.8 Å². The summed E-state index contributed by atoms with van der Waals surface area (Å²) in [5, 5.41) is 9.20. The second kappa shape index (κ2) is 5.23. The van der Waals surface area contributed by atoms with E-state index in [1.807, 2.05) is 18.7 Å². The Bertz CT molecular complexity index is 322. The standard InChI is InChI=1S/C9H17N5O/c1-3-11-8(15)6-14(4-2)7-5-12-13-9(7)10/h5H,3-4,6H2,1-2H3,(H,11,15)(H3,10,12,13). The SMILES string of the molecule is CCNC(=O)CN(CC)c1cn[nH]c1N. The minimum absolute atomic E-state index is 0.0139. The molecule has 15 heavy (non-hydrogen) atoms. The number of nitrogen functional groups attached to an aromatic ring is 1. The van der Waals surface area contributed by atoms with Gasteiger partial charge >= 0.3 is 0 Å². The van der Waals surface area contributed by atoms with Crippen LogP contribution in [0.5, 0.6) is 0 Å². The maximum Gasteiger partial charge on any atom is 0.239 e. The van der Waals surface area contributed by atoms with Gasteiger partial charge in [0.15, 0.2) is 0 Å². The summed E-state index contributed by atoms with van der Waals surface area (Å²) < 4.78 is 0. The number of carbonyl (C=O) groups excluding carboxylic acids is 1. The Morgan fingerprint density at radius 3 is 2.87 bits per heavy atom. The smallest absolute Gasteiger partial charge is 0.239 e. The van der Waals surface area contributed by atoms with Crippen LogP contribution >= 0.6 is 0 Å². The van der Waals surface area contributed by atoms with Gasteiger partial charge < -0.3 is 16.0 Å². The normalized spacial score (nSPS) is 10.0. The highest BCUT2D eigenvalue weighted by molar-refractivity contribution is 5.82. The summed E-state index contributed by atoms with van der Waals surface area (Å²) in [5.41, 5.74) is 6.44. The van der Waals surface area contributed by atoms with Gasteiger partial charge in [0.25, 0.3) is 0 Å². The lowest BCUT2D eigenvalue weighted by Crippen LogP contribution is -2.37. The molecule has 0 fully saturated rings. The van der Waals surface area contributed by atoms with Crippen LogP contribution < -0.4 is 16.0 Å². The highest BCUT2D eigenvalue weighted by atomic mass is 16.2. The number of nitrogens with one attached hydrogen (secondary N) is 2. The molecule has 0 unspecified atom stereocenters. The van der Waals surface area contributed by atoms with Gasteiger partial charge in [0.05, 0.1) is 18.4 Å². The first kappa shape index (κ1) is 11.4. The topological polar surface area (TPSA) is 87.0 Å². The van der Waals surface area contributed by atoms with E-state index in [4.69, 9.17) is 5.73 Å². The van der Waals surface area contributed by atoms with Crippen molar-refractivity contribution in [1.29, 1.82) is 0 Å². The second-order valence-electron chi connectivity index (χ2n) is 3.14. The van der Waals surface area contributed by atoms with Gasteiger partial charge in [0, 0.05) is 13.1 Å². The molecule has 0 spiro atoms. The number of hydrogen-bond donors (Lipinski definition) is 3. The predicted octanol–water partition coefficient (Wildman–Crippen LogP) is -0.0457. The molecule has 0 saturated carbocycles. The van der Waals surface area contributed by atoms with Crippen LogP contribution in [-0.4, -0.2) is 35.7 Å². The van der Waals surface area contributed by atoms with Gasteiger partial charge in [-0.25, -0.2) is 0 Å². The molecule has 0 aromatic carbocycles. The van der Waals surface area contributed by atoms with E-state index in [2.05, 4.69) is 15.5 Å². The number of aromatic nitrogens is 2. The van der Waals surface area contributed by atoms with Crippen molar-refractivity contribution < 1.29 is 4.79 Å². The summed E-state index contributed by atoms with van der Waals surface area (Å²) in [7, 11) is 0. The average molecular weight is 211 g/mol. The third-order valence-electron chi connectivity index (χ3n) is 2.08. The van der Waals surface area contributed by atoms with E-state index in [0.717, 1.165) is 5.69 Å². The van der Waals surface area contributed by atoms with Crippen molar-refractivity contribution >= 4 is 17.4 Å². The van der Waals surface area contributed by atoms with Gasteiger partial charge in [-0.1, -0.05) is 0 Å². The van der Waals surface area contributed by atoms with E-state index in [0.29, 0.717) is 25.5 Å². The summed E-state index contributed by atoms with van der Waals surface area (Å²) in [5.74, 6) is 0.473. The fourth-order valence-corrected chi connectivity index (χ4v) is 1.34. The maximum atomic E-state index is 11.4. The highest BCUT2D eigenvalue weighted by Gasteiger charge is 2.12. The lowest BCUT2D eigenvalue weighted by atomic mass is 10.4. The van der Waals surface area contributed by atoms with Crippen molar-refractivity contribution in [2.24, 2.45) is 0 Å². The fourth-order valence-electron chi connectivity index (χ4n) is 1.34. The number of hydrogen-bond acceptors (Lipinski definition) is 4. The zero-order chi connectivity index (χ0) is 11.3. The minimum Gasteiger partial charge on any atom is -0.382 e. The molecular weight excluding hydrogens is 194 g/mol. The van der Waals surface area contributed by atoms with Crippen LogP contribution in [0, 0.1) is 0 Å². The molecule has 84 valence electrons. The van der Waals surface area contributed by atoms with E-state index in [9.17, 15) is 4.79 Å². The van der Waals surface area contributed by atoms with E-state index >= 15 is 0 Å². The predicted molar refractivity (Wildman–Crippen MR) is 59.6 cm³/mol. The quantitative estimate of drug-likeness (QED) is 0.637. The molecule has 0 bridgehead atoms. The number of carbonyl (C=O) groups is 1. The summed E-state index contributed by atoms with van der Waals surface area (Å²) in [6, 6.07) is 0. The Morgan fingerprint density at radius 2 is 2.40 bits per heavy atom. The van der Waals surface area contributed by atoms with Crippen molar-refractivity contribution in [3.63, 3.8) is 0 Å². The number of H-pyrrole nitrogens is 1. The first-order chi connectivity index (χ1) is 7.19.